The van der Waals surface area contributed by atoms with E-state index < -0.39 is 12.6 Å². The molecule has 2 heterocycles. The summed E-state index contributed by atoms with van der Waals surface area (Å²) in [6.07, 6.45) is 5.01. The van der Waals surface area contributed by atoms with Crippen molar-refractivity contribution in [3.8, 4) is 17.0 Å². The molecule has 2 aliphatic carbocycles. The average Bonchev–Trinajstić information content (AvgIpc) is 3.81. The van der Waals surface area contributed by atoms with Gasteiger partial charge in [-0.05, 0) is 66.5 Å². The molecule has 0 bridgehead atoms. The molecule has 38 heavy (non-hydrogen) atoms. The Morgan fingerprint density at radius 3 is 2.58 bits per heavy atom. The number of pyridine rings is 1. The Kier molecular flexibility index (Phi) is 6.15. The summed E-state index contributed by atoms with van der Waals surface area (Å²) >= 11 is 19.3. The van der Waals surface area contributed by atoms with E-state index in [1.807, 2.05) is 12.1 Å². The van der Waals surface area contributed by atoms with Crippen LogP contribution in [0.25, 0.3) is 11.3 Å². The highest BCUT2D eigenvalue weighted by atomic mass is 35.5. The molecule has 2 aliphatic rings. The maximum atomic E-state index is 11.7. The molecule has 2 saturated carbocycles. The smallest absolute Gasteiger partial charge is 0.335 e. The normalized spacial score (nSPS) is 19.6. The molecule has 0 radical (unpaired) electrons. The number of carboxylic acids is 1. The van der Waals surface area contributed by atoms with Gasteiger partial charge in [0.05, 0.1) is 18.1 Å². The van der Waals surface area contributed by atoms with Crippen LogP contribution in [0, 0.1) is 5.21 Å². The van der Waals surface area contributed by atoms with Crippen LogP contribution in [0.2, 0.25) is 15.1 Å². The Morgan fingerprint density at radius 1 is 1.13 bits per heavy atom. The summed E-state index contributed by atoms with van der Waals surface area (Å²) in [7, 11) is 0. The van der Waals surface area contributed by atoms with Crippen molar-refractivity contribution in [2.24, 2.45) is 0 Å². The molecule has 3 unspecified atom stereocenters. The predicted molar refractivity (Wildman–Crippen MR) is 142 cm³/mol. The lowest BCUT2D eigenvalue weighted by Crippen LogP contribution is -2.24. The molecule has 3 atom stereocenters. The van der Waals surface area contributed by atoms with Gasteiger partial charge in [0.2, 0.25) is 0 Å². The largest absolute Gasteiger partial charge is 0.619 e. The molecule has 0 amide bonds. The van der Waals surface area contributed by atoms with Crippen molar-refractivity contribution in [3.05, 3.63) is 103 Å². The van der Waals surface area contributed by atoms with E-state index in [-0.39, 0.29) is 39.1 Å². The van der Waals surface area contributed by atoms with Crippen molar-refractivity contribution in [1.29, 1.82) is 0 Å². The Labute approximate surface area is 234 Å². The van der Waals surface area contributed by atoms with Crippen LogP contribution in [0.5, 0.6) is 5.75 Å². The molecular formula is C28H21Cl3N2O5. The zero-order valence-electron chi connectivity index (χ0n) is 20.7. The number of ether oxygens (including phenoxy) is 1. The second-order valence-electron chi connectivity index (χ2n) is 9.57. The quantitative estimate of drug-likeness (QED) is 0.175. The summed E-state index contributed by atoms with van der Waals surface area (Å²) in [4.78, 5) is 11.3. The van der Waals surface area contributed by atoms with E-state index >= 15 is 0 Å². The van der Waals surface area contributed by atoms with Gasteiger partial charge in [-0.25, -0.2) is 4.79 Å². The van der Waals surface area contributed by atoms with Gasteiger partial charge in [0, 0.05) is 10.9 Å². The lowest BCUT2D eigenvalue weighted by atomic mass is 10.0. The molecule has 2 aromatic carbocycles. The number of aromatic nitrogens is 2. The summed E-state index contributed by atoms with van der Waals surface area (Å²) in [6, 6.07) is 12.3. The van der Waals surface area contributed by atoms with Crippen molar-refractivity contribution < 1.29 is 25.3 Å². The third-order valence-electron chi connectivity index (χ3n) is 6.94. The van der Waals surface area contributed by atoms with Gasteiger partial charge in [0.25, 0.3) is 0 Å². The number of nitrogens with zero attached hydrogens (tertiary/aromatic N) is 2. The minimum Gasteiger partial charge on any atom is -0.619 e. The maximum absolute atomic E-state index is 11.7. The molecule has 7 nitrogen and oxygen atoms in total. The number of carboxylic acid groups (broad SMARTS) is 1. The third-order valence-corrected chi connectivity index (χ3v) is 7.84. The Hall–Kier alpha value is -3.26. The SMILES string of the molecule is [2H]C(Oc1ccc(C2CC2c2cccc(C(=O)O)c2)c(Cl)c1)c1c(-c2c(Cl)c[n+]([O-])cc2Cl)noc1C1CC1. The zero-order chi connectivity index (χ0) is 27.4. The fourth-order valence-electron chi connectivity index (χ4n) is 4.79. The summed E-state index contributed by atoms with van der Waals surface area (Å²) in [6.45, 7) is -1.22. The van der Waals surface area contributed by atoms with Crippen LogP contribution in [0.4, 0.5) is 0 Å². The summed E-state index contributed by atoms with van der Waals surface area (Å²) in [5.41, 5.74) is 3.14. The second-order valence-corrected chi connectivity index (χ2v) is 10.8. The van der Waals surface area contributed by atoms with Gasteiger partial charge in [-0.15, -0.1) is 0 Å². The van der Waals surface area contributed by atoms with E-state index in [4.69, 9.17) is 45.4 Å². The molecule has 4 aromatic rings. The number of rotatable bonds is 8. The minimum atomic E-state index is -1.22. The van der Waals surface area contributed by atoms with Crippen molar-refractivity contribution in [1.82, 2.24) is 5.16 Å². The van der Waals surface area contributed by atoms with Gasteiger partial charge < -0.3 is 19.6 Å². The van der Waals surface area contributed by atoms with Crippen molar-refractivity contribution in [2.75, 3.05) is 0 Å². The Morgan fingerprint density at radius 2 is 1.89 bits per heavy atom. The highest BCUT2D eigenvalue weighted by Crippen LogP contribution is 2.56. The van der Waals surface area contributed by atoms with Gasteiger partial charge in [0.15, 0.2) is 12.4 Å². The number of aromatic carboxylic acids is 1. The fourth-order valence-corrected chi connectivity index (χ4v) is 5.73. The zero-order valence-corrected chi connectivity index (χ0v) is 22.0. The van der Waals surface area contributed by atoms with E-state index in [0.29, 0.717) is 32.4 Å². The van der Waals surface area contributed by atoms with Gasteiger partial charge in [-0.3, -0.25) is 0 Å². The number of hydrogen-bond donors (Lipinski definition) is 1. The van der Waals surface area contributed by atoms with Gasteiger partial charge in [0.1, 0.15) is 33.8 Å². The lowest BCUT2D eigenvalue weighted by Gasteiger charge is -2.11. The standard InChI is InChI=1S/C28H21Cl3N2O5/c29-22-9-17(6-7-18(22)20-10-19(20)15-2-1-3-16(8-15)28(34)35)37-13-21-26(32-38-27(21)14-4-5-14)25-23(30)11-33(36)12-24(25)31/h1-3,6-9,11-12,14,19-20H,4-5,10,13H2,(H,34,35)/i13D. The van der Waals surface area contributed by atoms with Crippen molar-refractivity contribution in [2.45, 2.75) is 43.6 Å². The van der Waals surface area contributed by atoms with Crippen molar-refractivity contribution in [3.63, 3.8) is 0 Å². The molecule has 194 valence electrons. The molecule has 1 N–H and O–H groups in total. The van der Waals surface area contributed by atoms with E-state index in [2.05, 4.69) is 5.16 Å². The maximum Gasteiger partial charge on any atom is 0.335 e. The number of halogens is 3. The number of benzene rings is 2. The molecule has 2 fully saturated rings. The highest BCUT2D eigenvalue weighted by Gasteiger charge is 2.41. The molecule has 10 heteroatoms. The summed E-state index contributed by atoms with van der Waals surface area (Å²) < 4.78 is 21.0. The van der Waals surface area contributed by atoms with Crippen LogP contribution >= 0.6 is 34.8 Å². The summed E-state index contributed by atoms with van der Waals surface area (Å²) in [5.74, 6) is 0.463. The summed E-state index contributed by atoms with van der Waals surface area (Å²) in [5, 5.41) is 25.9. The second kappa shape index (κ2) is 9.80. The number of hydrogen-bond acceptors (Lipinski definition) is 5. The molecule has 6 rings (SSSR count). The van der Waals surface area contributed by atoms with Crippen LogP contribution in [0.1, 0.15) is 71.2 Å². The van der Waals surface area contributed by atoms with E-state index in [1.54, 1.807) is 30.3 Å². The Balaban J connectivity index is 1.25. The van der Waals surface area contributed by atoms with Crippen LogP contribution in [-0.4, -0.2) is 16.2 Å². The number of carbonyl (C=O) groups is 1. The first-order valence-electron chi connectivity index (χ1n) is 12.6. The van der Waals surface area contributed by atoms with Gasteiger partial charge >= 0.3 is 5.97 Å². The van der Waals surface area contributed by atoms with Crippen LogP contribution in [-0.2, 0) is 6.58 Å². The lowest BCUT2D eigenvalue weighted by molar-refractivity contribution is -0.605. The predicted octanol–water partition coefficient (Wildman–Crippen LogP) is 7.36. The van der Waals surface area contributed by atoms with E-state index in [1.165, 1.54) is 12.4 Å². The first-order valence-corrected chi connectivity index (χ1v) is 13.1. The topological polar surface area (TPSA) is 99.5 Å². The monoisotopic (exact) mass is 571 g/mol. The molecule has 0 spiro atoms. The first-order chi connectivity index (χ1) is 18.7. The van der Waals surface area contributed by atoms with E-state index in [9.17, 15) is 15.1 Å². The fraction of sp³-hybridized carbons (Fsp3) is 0.250. The van der Waals surface area contributed by atoms with Crippen LogP contribution in [0.15, 0.2) is 59.4 Å². The minimum absolute atomic E-state index is 0.0851. The molecule has 0 aliphatic heterocycles. The van der Waals surface area contributed by atoms with Crippen LogP contribution in [0.3, 0.4) is 0 Å². The highest BCUT2D eigenvalue weighted by molar-refractivity contribution is 6.38. The van der Waals surface area contributed by atoms with E-state index in [0.717, 1.165) is 30.4 Å². The first kappa shape index (κ1) is 23.8. The average molecular weight is 573 g/mol. The van der Waals surface area contributed by atoms with Crippen LogP contribution < -0.4 is 9.47 Å². The van der Waals surface area contributed by atoms with Gasteiger partial charge in [-0.2, -0.15) is 4.73 Å². The Bertz CT molecular complexity index is 1580. The molecule has 0 saturated heterocycles. The molecular weight excluding hydrogens is 551 g/mol. The van der Waals surface area contributed by atoms with Crippen molar-refractivity contribution >= 4 is 40.8 Å². The molecule has 2 aromatic heterocycles. The third kappa shape index (κ3) is 4.82. The van der Waals surface area contributed by atoms with Gasteiger partial charge in [-0.1, -0.05) is 58.2 Å².